The second-order valence-corrected chi connectivity index (χ2v) is 6.20. The molecule has 0 fully saturated rings. The van der Waals surface area contributed by atoms with Gasteiger partial charge in [0.2, 0.25) is 9.97 Å². The molecule has 0 saturated heterocycles. The van der Waals surface area contributed by atoms with Gasteiger partial charge in [-0.25, -0.2) is 0 Å². The normalized spacial score (nSPS) is 10.8. The first-order chi connectivity index (χ1) is 12.2. The maximum atomic E-state index is 12.3. The predicted molar refractivity (Wildman–Crippen MR) is 94.3 cm³/mol. The molecule has 0 aliphatic rings. The minimum Gasteiger partial charge on any atom is -0.457 e. The number of anilines is 1. The number of aromatic nitrogens is 4. The van der Waals surface area contributed by atoms with Crippen LogP contribution < -0.4 is 10.1 Å². The number of hydrogen-bond acceptors (Lipinski definition) is 6. The van der Waals surface area contributed by atoms with E-state index in [1.807, 2.05) is 30.3 Å². The lowest BCUT2D eigenvalue weighted by atomic mass is 10.3. The highest BCUT2D eigenvalue weighted by Crippen LogP contribution is 2.23. The number of carbonyl (C=O) groups is 1. The summed E-state index contributed by atoms with van der Waals surface area (Å²) >= 11 is 1.19. The van der Waals surface area contributed by atoms with Crippen molar-refractivity contribution in [3.05, 3.63) is 65.4 Å². The number of ether oxygens (including phenoxy) is 1. The van der Waals surface area contributed by atoms with Gasteiger partial charge in [0.05, 0.1) is 0 Å². The van der Waals surface area contributed by atoms with E-state index in [0.29, 0.717) is 27.2 Å². The van der Waals surface area contributed by atoms with E-state index in [2.05, 4.69) is 20.6 Å². The van der Waals surface area contributed by atoms with Crippen LogP contribution in [0.1, 0.15) is 15.6 Å². The molecule has 0 saturated carbocycles. The molecular formula is C17H13N5O2S. The SMILES string of the molecule is Cc1nnc2sc(C(=O)Nc3ccc(Oc4ccccc4)cc3)nn12. The Morgan fingerprint density at radius 3 is 2.48 bits per heavy atom. The van der Waals surface area contributed by atoms with Crippen LogP contribution in [0.2, 0.25) is 0 Å². The van der Waals surface area contributed by atoms with Gasteiger partial charge in [-0.1, -0.05) is 29.5 Å². The van der Waals surface area contributed by atoms with Crippen LogP contribution in [-0.2, 0) is 0 Å². The van der Waals surface area contributed by atoms with Gasteiger partial charge >= 0.3 is 0 Å². The third-order valence-corrected chi connectivity index (χ3v) is 4.33. The van der Waals surface area contributed by atoms with Crippen LogP contribution in [-0.4, -0.2) is 25.7 Å². The highest BCUT2D eigenvalue weighted by Gasteiger charge is 2.15. The highest BCUT2D eigenvalue weighted by atomic mass is 32.1. The van der Waals surface area contributed by atoms with Gasteiger partial charge in [0, 0.05) is 5.69 Å². The van der Waals surface area contributed by atoms with Crippen molar-refractivity contribution >= 4 is 27.9 Å². The number of rotatable bonds is 4. The van der Waals surface area contributed by atoms with Crippen molar-refractivity contribution in [3.63, 3.8) is 0 Å². The minimum atomic E-state index is -0.286. The number of para-hydroxylation sites is 1. The van der Waals surface area contributed by atoms with Crippen LogP contribution in [0.25, 0.3) is 4.96 Å². The molecule has 2 heterocycles. The molecular weight excluding hydrogens is 338 g/mol. The Balaban J connectivity index is 1.46. The maximum absolute atomic E-state index is 12.3. The molecule has 1 amide bonds. The monoisotopic (exact) mass is 351 g/mol. The molecule has 8 heteroatoms. The summed E-state index contributed by atoms with van der Waals surface area (Å²) in [5.41, 5.74) is 0.660. The number of nitrogens with zero attached hydrogens (tertiary/aromatic N) is 4. The largest absolute Gasteiger partial charge is 0.457 e. The molecule has 0 aliphatic carbocycles. The van der Waals surface area contributed by atoms with Gasteiger partial charge in [-0.05, 0) is 43.3 Å². The van der Waals surface area contributed by atoms with Crippen molar-refractivity contribution in [2.45, 2.75) is 6.92 Å². The van der Waals surface area contributed by atoms with Crippen LogP contribution in [0.5, 0.6) is 11.5 Å². The predicted octanol–water partition coefficient (Wildman–Crippen LogP) is 3.54. The van der Waals surface area contributed by atoms with Gasteiger partial charge in [0.1, 0.15) is 11.5 Å². The van der Waals surface area contributed by atoms with Crippen LogP contribution >= 0.6 is 11.3 Å². The van der Waals surface area contributed by atoms with E-state index in [9.17, 15) is 4.79 Å². The molecule has 25 heavy (non-hydrogen) atoms. The van der Waals surface area contributed by atoms with E-state index >= 15 is 0 Å². The van der Waals surface area contributed by atoms with Crippen molar-refractivity contribution in [1.29, 1.82) is 0 Å². The molecule has 1 N–H and O–H groups in total. The quantitative estimate of drug-likeness (QED) is 0.608. The Labute approximate surface area is 146 Å². The van der Waals surface area contributed by atoms with Crippen LogP contribution in [0.4, 0.5) is 5.69 Å². The molecule has 0 unspecified atom stereocenters. The summed E-state index contributed by atoms with van der Waals surface area (Å²) in [4.78, 5) is 12.9. The average Bonchev–Trinajstić information content (AvgIpc) is 3.20. The van der Waals surface area contributed by atoms with Gasteiger partial charge in [0.15, 0.2) is 5.82 Å². The number of carbonyl (C=O) groups excluding carboxylic acids is 1. The second-order valence-electron chi connectivity index (χ2n) is 5.24. The van der Waals surface area contributed by atoms with Crippen molar-refractivity contribution in [2.75, 3.05) is 5.32 Å². The van der Waals surface area contributed by atoms with Crippen molar-refractivity contribution < 1.29 is 9.53 Å². The zero-order valence-electron chi connectivity index (χ0n) is 13.2. The van der Waals surface area contributed by atoms with Crippen molar-refractivity contribution in [2.24, 2.45) is 0 Å². The minimum absolute atomic E-state index is 0.286. The summed E-state index contributed by atoms with van der Waals surface area (Å²) in [5.74, 6) is 1.81. The van der Waals surface area contributed by atoms with E-state index in [-0.39, 0.29) is 5.91 Å². The van der Waals surface area contributed by atoms with Gasteiger partial charge < -0.3 is 10.1 Å². The number of benzene rings is 2. The topological polar surface area (TPSA) is 81.4 Å². The molecule has 4 aromatic rings. The first kappa shape index (κ1) is 15.3. The summed E-state index contributed by atoms with van der Waals surface area (Å²) < 4.78 is 7.28. The summed E-state index contributed by atoms with van der Waals surface area (Å²) in [6, 6.07) is 16.7. The third-order valence-electron chi connectivity index (χ3n) is 3.43. The lowest BCUT2D eigenvalue weighted by Crippen LogP contribution is -2.12. The lowest BCUT2D eigenvalue weighted by Gasteiger charge is -2.07. The van der Waals surface area contributed by atoms with Crippen molar-refractivity contribution in [1.82, 2.24) is 19.8 Å². The standard InChI is InChI=1S/C17H13N5O2S/c1-11-19-20-17-22(11)21-16(25-17)15(23)18-12-7-9-14(10-8-12)24-13-5-3-2-4-6-13/h2-10H,1H3,(H,18,23). The summed E-state index contributed by atoms with van der Waals surface area (Å²) in [6.45, 7) is 1.78. The van der Waals surface area contributed by atoms with E-state index < -0.39 is 0 Å². The van der Waals surface area contributed by atoms with Crippen LogP contribution in [0, 0.1) is 6.92 Å². The molecule has 0 aliphatic heterocycles. The molecule has 7 nitrogen and oxygen atoms in total. The maximum Gasteiger partial charge on any atom is 0.286 e. The molecule has 2 aromatic carbocycles. The number of hydrogen-bond donors (Lipinski definition) is 1. The number of amides is 1. The Morgan fingerprint density at radius 1 is 1.04 bits per heavy atom. The fourth-order valence-electron chi connectivity index (χ4n) is 2.22. The fraction of sp³-hybridized carbons (Fsp3) is 0.0588. The first-order valence-electron chi connectivity index (χ1n) is 7.52. The number of nitrogens with one attached hydrogen (secondary N) is 1. The second kappa shape index (κ2) is 6.33. The van der Waals surface area contributed by atoms with Gasteiger partial charge in [-0.3, -0.25) is 4.79 Å². The summed E-state index contributed by atoms with van der Waals surface area (Å²) in [7, 11) is 0. The Morgan fingerprint density at radius 2 is 1.76 bits per heavy atom. The molecule has 2 aromatic heterocycles. The van der Waals surface area contributed by atoms with Crippen LogP contribution in [0.15, 0.2) is 54.6 Å². The molecule has 0 spiro atoms. The molecule has 0 radical (unpaired) electrons. The summed E-state index contributed by atoms with van der Waals surface area (Å²) in [5, 5.41) is 15.2. The number of fused-ring (bicyclic) bond motifs is 1. The third kappa shape index (κ3) is 3.20. The summed E-state index contributed by atoms with van der Waals surface area (Å²) in [6.07, 6.45) is 0. The van der Waals surface area contributed by atoms with E-state index in [1.165, 1.54) is 11.3 Å². The molecule has 4 rings (SSSR count). The van der Waals surface area contributed by atoms with E-state index in [4.69, 9.17) is 4.74 Å². The van der Waals surface area contributed by atoms with E-state index in [1.54, 1.807) is 35.7 Å². The van der Waals surface area contributed by atoms with E-state index in [0.717, 1.165) is 5.75 Å². The highest BCUT2D eigenvalue weighted by molar-refractivity contribution is 7.18. The van der Waals surface area contributed by atoms with Gasteiger partial charge in [-0.2, -0.15) is 4.52 Å². The van der Waals surface area contributed by atoms with Gasteiger partial charge in [0.25, 0.3) is 5.91 Å². The Bertz CT molecular complexity index is 1020. The smallest absolute Gasteiger partial charge is 0.286 e. The number of aryl methyl sites for hydroxylation is 1. The molecule has 124 valence electrons. The zero-order chi connectivity index (χ0) is 17.2. The zero-order valence-corrected chi connectivity index (χ0v) is 14.0. The molecule has 0 bridgehead atoms. The first-order valence-corrected chi connectivity index (χ1v) is 8.34. The fourth-order valence-corrected chi connectivity index (χ4v) is 3.00. The van der Waals surface area contributed by atoms with Crippen molar-refractivity contribution in [3.8, 4) is 11.5 Å². The Hall–Kier alpha value is -3.26. The average molecular weight is 351 g/mol. The lowest BCUT2D eigenvalue weighted by molar-refractivity contribution is 0.102. The Kier molecular flexibility index (Phi) is 3.87. The van der Waals surface area contributed by atoms with Gasteiger partial charge in [-0.15, -0.1) is 15.3 Å². The van der Waals surface area contributed by atoms with Crippen LogP contribution in [0.3, 0.4) is 0 Å². The molecule has 0 atom stereocenters.